The van der Waals surface area contributed by atoms with Crippen LogP contribution in [0.15, 0.2) is 0 Å². The van der Waals surface area contributed by atoms with Gasteiger partial charge in [0.05, 0.1) is 17.5 Å². The fourth-order valence-electron chi connectivity index (χ4n) is 1.74. The van der Waals surface area contributed by atoms with Gasteiger partial charge < -0.3 is 4.74 Å². The molecule has 2 N–H and O–H groups in total. The van der Waals surface area contributed by atoms with Crippen LogP contribution in [0.2, 0.25) is 0 Å². The molecule has 1 fully saturated rings. The molecule has 0 spiro atoms. The molecule has 84 valence electrons. The Kier molecular flexibility index (Phi) is 3.23. The van der Waals surface area contributed by atoms with Crippen LogP contribution in [0.25, 0.3) is 0 Å². The van der Waals surface area contributed by atoms with E-state index in [0.29, 0.717) is 0 Å². The first-order valence-corrected chi connectivity index (χ1v) is 6.55. The third-order valence-electron chi connectivity index (χ3n) is 2.18. The van der Waals surface area contributed by atoms with Crippen LogP contribution in [0.1, 0.15) is 33.6 Å². The summed E-state index contributed by atoms with van der Waals surface area (Å²) < 4.78 is 27.2. The first kappa shape index (κ1) is 11.9. The molecular formula is C9H19NO3S. The molecule has 0 unspecified atom stereocenters. The van der Waals surface area contributed by atoms with Crippen molar-refractivity contribution in [2.45, 2.75) is 45.3 Å². The molecule has 0 aromatic rings. The number of rotatable bonds is 3. The summed E-state index contributed by atoms with van der Waals surface area (Å²) in [5.74, 6) is 0.286. The Labute approximate surface area is 85.9 Å². The summed E-state index contributed by atoms with van der Waals surface area (Å²) in [6.07, 6.45) is 1.84. The van der Waals surface area contributed by atoms with Crippen LogP contribution < -0.4 is 5.14 Å². The summed E-state index contributed by atoms with van der Waals surface area (Å²) in [4.78, 5) is 0. The van der Waals surface area contributed by atoms with E-state index in [0.717, 1.165) is 12.8 Å². The SMILES string of the molecule is CC(C)(C)OC1CC(CS(N)(=O)=O)C1. The molecule has 0 amide bonds. The van der Waals surface area contributed by atoms with Crippen molar-refractivity contribution >= 4 is 10.0 Å². The quantitative estimate of drug-likeness (QED) is 0.768. The van der Waals surface area contributed by atoms with Gasteiger partial charge in [-0.1, -0.05) is 0 Å². The third-order valence-corrected chi connectivity index (χ3v) is 3.12. The molecule has 0 heterocycles. The van der Waals surface area contributed by atoms with Crippen LogP contribution in [0.5, 0.6) is 0 Å². The van der Waals surface area contributed by atoms with Crippen LogP contribution in [0, 0.1) is 5.92 Å². The van der Waals surface area contributed by atoms with Crippen molar-refractivity contribution in [2.75, 3.05) is 5.75 Å². The van der Waals surface area contributed by atoms with Crippen LogP contribution in [-0.4, -0.2) is 25.9 Å². The Balaban J connectivity index is 2.25. The van der Waals surface area contributed by atoms with Crippen LogP contribution in [0.3, 0.4) is 0 Å². The molecule has 0 aromatic heterocycles. The lowest BCUT2D eigenvalue weighted by molar-refractivity contribution is -0.108. The van der Waals surface area contributed by atoms with Crippen LogP contribution in [-0.2, 0) is 14.8 Å². The van der Waals surface area contributed by atoms with E-state index in [9.17, 15) is 8.42 Å². The first-order valence-electron chi connectivity index (χ1n) is 4.84. The molecule has 0 bridgehead atoms. The van der Waals surface area contributed by atoms with Crippen molar-refractivity contribution in [3.8, 4) is 0 Å². The number of hydrogen-bond donors (Lipinski definition) is 1. The van der Waals surface area contributed by atoms with Crippen LogP contribution in [0.4, 0.5) is 0 Å². The predicted molar refractivity (Wildman–Crippen MR) is 55.3 cm³/mol. The highest BCUT2D eigenvalue weighted by Crippen LogP contribution is 2.33. The number of ether oxygens (including phenoxy) is 1. The summed E-state index contributed by atoms with van der Waals surface area (Å²) in [5.41, 5.74) is -0.142. The maximum atomic E-state index is 10.8. The lowest BCUT2D eigenvalue weighted by Crippen LogP contribution is -2.41. The van der Waals surface area contributed by atoms with Crippen molar-refractivity contribution in [1.82, 2.24) is 0 Å². The highest BCUT2D eigenvalue weighted by atomic mass is 32.2. The molecule has 1 rings (SSSR count). The van der Waals surface area contributed by atoms with E-state index in [1.807, 2.05) is 20.8 Å². The molecular weight excluding hydrogens is 202 g/mol. The smallest absolute Gasteiger partial charge is 0.209 e. The highest BCUT2D eigenvalue weighted by Gasteiger charge is 2.34. The van der Waals surface area contributed by atoms with Crippen molar-refractivity contribution in [1.29, 1.82) is 0 Å². The molecule has 0 radical (unpaired) electrons. The highest BCUT2D eigenvalue weighted by molar-refractivity contribution is 7.89. The molecule has 0 atom stereocenters. The van der Waals surface area contributed by atoms with Gasteiger partial charge in [-0.25, -0.2) is 13.6 Å². The van der Waals surface area contributed by atoms with Gasteiger partial charge in [0.1, 0.15) is 0 Å². The normalized spacial score (nSPS) is 28.6. The third kappa shape index (κ3) is 4.39. The topological polar surface area (TPSA) is 69.4 Å². The maximum Gasteiger partial charge on any atom is 0.209 e. The van der Waals surface area contributed by atoms with E-state index < -0.39 is 10.0 Å². The Morgan fingerprint density at radius 1 is 1.36 bits per heavy atom. The Morgan fingerprint density at radius 3 is 2.21 bits per heavy atom. The van der Waals surface area contributed by atoms with E-state index in [1.54, 1.807) is 0 Å². The van der Waals surface area contributed by atoms with Gasteiger partial charge in [0, 0.05) is 0 Å². The van der Waals surface area contributed by atoms with E-state index in [-0.39, 0.29) is 23.4 Å². The van der Waals surface area contributed by atoms with Crippen molar-refractivity contribution in [3.63, 3.8) is 0 Å². The van der Waals surface area contributed by atoms with Gasteiger partial charge in [-0.3, -0.25) is 0 Å². The number of hydrogen-bond acceptors (Lipinski definition) is 3. The second kappa shape index (κ2) is 3.79. The molecule has 14 heavy (non-hydrogen) atoms. The lowest BCUT2D eigenvalue weighted by atomic mass is 9.83. The average Bonchev–Trinajstić information content (AvgIpc) is 1.75. The molecule has 5 heteroatoms. The van der Waals surface area contributed by atoms with Crippen LogP contribution >= 0.6 is 0 Å². The summed E-state index contributed by atoms with van der Waals surface area (Å²) in [5, 5.41) is 4.95. The lowest BCUT2D eigenvalue weighted by Gasteiger charge is -2.38. The fraction of sp³-hybridized carbons (Fsp3) is 1.00. The predicted octanol–water partition coefficient (Wildman–Crippen LogP) is 0.869. The van der Waals surface area contributed by atoms with Gasteiger partial charge in [-0.2, -0.15) is 0 Å². The molecule has 0 aromatic carbocycles. The average molecular weight is 221 g/mol. The van der Waals surface area contributed by atoms with Crippen molar-refractivity contribution in [3.05, 3.63) is 0 Å². The molecule has 4 nitrogen and oxygen atoms in total. The second-order valence-corrected chi connectivity index (χ2v) is 6.68. The summed E-state index contributed by atoms with van der Waals surface area (Å²) >= 11 is 0. The minimum atomic E-state index is -3.31. The van der Waals surface area contributed by atoms with E-state index in [4.69, 9.17) is 9.88 Å². The van der Waals surface area contributed by atoms with Gasteiger partial charge >= 0.3 is 0 Å². The van der Waals surface area contributed by atoms with Gasteiger partial charge in [-0.15, -0.1) is 0 Å². The molecule has 1 aliphatic rings. The second-order valence-electron chi connectivity index (χ2n) is 5.02. The largest absolute Gasteiger partial charge is 0.373 e. The first-order chi connectivity index (χ1) is 6.16. The van der Waals surface area contributed by atoms with E-state index in [2.05, 4.69) is 0 Å². The molecule has 1 aliphatic carbocycles. The zero-order valence-corrected chi connectivity index (χ0v) is 9.80. The van der Waals surface area contributed by atoms with Gasteiger partial charge in [-0.05, 0) is 39.5 Å². The molecule has 0 saturated heterocycles. The van der Waals surface area contributed by atoms with Crippen molar-refractivity contribution in [2.24, 2.45) is 11.1 Å². The Hall–Kier alpha value is -0.130. The Morgan fingerprint density at radius 2 is 1.86 bits per heavy atom. The van der Waals surface area contributed by atoms with Gasteiger partial charge in [0.15, 0.2) is 0 Å². The number of primary sulfonamides is 1. The summed E-state index contributed by atoms with van der Waals surface area (Å²) in [6.45, 7) is 6.00. The summed E-state index contributed by atoms with van der Waals surface area (Å²) in [6, 6.07) is 0. The fourth-order valence-corrected chi connectivity index (χ4v) is 2.66. The minimum absolute atomic E-state index is 0.0942. The molecule has 1 saturated carbocycles. The number of nitrogens with two attached hydrogens (primary N) is 1. The van der Waals surface area contributed by atoms with Gasteiger partial charge in [0.2, 0.25) is 10.0 Å². The minimum Gasteiger partial charge on any atom is -0.373 e. The van der Waals surface area contributed by atoms with Crippen molar-refractivity contribution < 1.29 is 13.2 Å². The molecule has 0 aliphatic heterocycles. The summed E-state index contributed by atoms with van der Waals surface area (Å²) in [7, 11) is -3.31. The zero-order valence-electron chi connectivity index (χ0n) is 8.99. The number of sulfonamides is 1. The van der Waals surface area contributed by atoms with E-state index in [1.165, 1.54) is 0 Å². The van der Waals surface area contributed by atoms with E-state index >= 15 is 0 Å². The maximum absolute atomic E-state index is 10.8. The monoisotopic (exact) mass is 221 g/mol. The Bertz CT molecular complexity index is 286. The zero-order chi connectivity index (χ0) is 11.0. The van der Waals surface area contributed by atoms with Gasteiger partial charge in [0.25, 0.3) is 0 Å². The standard InChI is InChI=1S/C9H19NO3S/c1-9(2,3)13-8-4-7(5-8)6-14(10,11)12/h7-8H,4-6H2,1-3H3,(H2,10,11,12).